The van der Waals surface area contributed by atoms with Crippen LogP contribution in [0.3, 0.4) is 0 Å². The lowest BCUT2D eigenvalue weighted by molar-refractivity contribution is -0.140. The average Bonchev–Trinajstić information content (AvgIpc) is 3.16. The maximum absolute atomic E-state index is 13.3. The molecule has 2 aromatic carbocycles. The Bertz CT molecular complexity index is 1060. The third-order valence-corrected chi connectivity index (χ3v) is 6.34. The predicted octanol–water partition coefficient (Wildman–Crippen LogP) is 5.03. The number of likely N-dealkylation sites (N-methyl/N-ethyl adjacent to an activating group) is 1. The number of carbonyl (C=O) groups excluding carboxylic acids is 2. The second-order valence-corrected chi connectivity index (χ2v) is 8.81. The molecule has 1 heterocycles. The summed E-state index contributed by atoms with van der Waals surface area (Å²) in [7, 11) is 0. The van der Waals surface area contributed by atoms with Gasteiger partial charge in [0.2, 0.25) is 0 Å². The van der Waals surface area contributed by atoms with Gasteiger partial charge in [-0.2, -0.15) is 0 Å². The Balaban J connectivity index is 2.04. The molecule has 36 heavy (non-hydrogen) atoms. The summed E-state index contributed by atoms with van der Waals surface area (Å²) in [6.07, 6.45) is 1.75. The number of ether oxygens (including phenoxy) is 2. The van der Waals surface area contributed by atoms with Crippen LogP contribution in [-0.2, 0) is 9.59 Å². The smallest absolute Gasteiger partial charge is 0.295 e. The molecule has 194 valence electrons. The summed E-state index contributed by atoms with van der Waals surface area (Å²) in [5.74, 6) is -0.148. The van der Waals surface area contributed by atoms with E-state index in [1.807, 2.05) is 44.2 Å². The van der Waals surface area contributed by atoms with Crippen LogP contribution in [0.2, 0.25) is 0 Å². The molecule has 7 heteroatoms. The van der Waals surface area contributed by atoms with Crippen LogP contribution in [0.25, 0.3) is 5.76 Å². The minimum Gasteiger partial charge on any atom is -0.507 e. The summed E-state index contributed by atoms with van der Waals surface area (Å²) < 4.78 is 11.4. The summed E-state index contributed by atoms with van der Waals surface area (Å²) in [6.45, 7) is 12.1. The molecule has 3 rings (SSSR count). The lowest BCUT2D eigenvalue weighted by Gasteiger charge is -2.28. The van der Waals surface area contributed by atoms with Crippen molar-refractivity contribution in [3.8, 4) is 11.5 Å². The largest absolute Gasteiger partial charge is 0.507 e. The second-order valence-electron chi connectivity index (χ2n) is 8.81. The van der Waals surface area contributed by atoms with Gasteiger partial charge in [-0.15, -0.1) is 0 Å². The van der Waals surface area contributed by atoms with Crippen molar-refractivity contribution in [2.24, 2.45) is 0 Å². The zero-order valence-electron chi connectivity index (χ0n) is 21.8. The van der Waals surface area contributed by atoms with Crippen molar-refractivity contribution in [3.63, 3.8) is 0 Å². The number of aliphatic hydroxyl groups excluding tert-OH is 1. The van der Waals surface area contributed by atoms with Crippen LogP contribution >= 0.6 is 0 Å². The van der Waals surface area contributed by atoms with E-state index < -0.39 is 17.7 Å². The SMILES string of the molecule is CCCOc1ccc(C2/C(=C(\O)c3cccc(OCCC)c3)C(=O)C(=O)N2CCN(CC)CC)cc1. The Labute approximate surface area is 214 Å². The maximum atomic E-state index is 13.3. The molecule has 1 fully saturated rings. The molecule has 0 spiro atoms. The zero-order chi connectivity index (χ0) is 26.1. The van der Waals surface area contributed by atoms with Crippen molar-refractivity contribution in [1.29, 1.82) is 0 Å². The van der Waals surface area contributed by atoms with E-state index in [9.17, 15) is 14.7 Å². The minimum absolute atomic E-state index is 0.0921. The first-order chi connectivity index (χ1) is 17.4. The number of nitrogens with zero attached hydrogens (tertiary/aromatic N) is 2. The lowest BCUT2D eigenvalue weighted by atomic mass is 9.95. The van der Waals surface area contributed by atoms with E-state index in [-0.39, 0.29) is 11.3 Å². The van der Waals surface area contributed by atoms with Crippen molar-refractivity contribution in [2.75, 3.05) is 39.4 Å². The van der Waals surface area contributed by atoms with E-state index in [1.54, 1.807) is 23.1 Å². The van der Waals surface area contributed by atoms with Gasteiger partial charge in [0.15, 0.2) is 0 Å². The van der Waals surface area contributed by atoms with Gasteiger partial charge in [0.05, 0.1) is 24.8 Å². The third kappa shape index (κ3) is 6.26. The molecule has 0 aliphatic carbocycles. The van der Waals surface area contributed by atoms with Gasteiger partial charge in [0.25, 0.3) is 11.7 Å². The zero-order valence-corrected chi connectivity index (χ0v) is 21.8. The van der Waals surface area contributed by atoms with Crippen LogP contribution in [0.5, 0.6) is 11.5 Å². The molecule has 1 N–H and O–H groups in total. The summed E-state index contributed by atoms with van der Waals surface area (Å²) >= 11 is 0. The number of rotatable bonds is 13. The minimum atomic E-state index is -0.694. The van der Waals surface area contributed by atoms with E-state index in [4.69, 9.17) is 9.47 Å². The van der Waals surface area contributed by atoms with Crippen LogP contribution in [0, 0.1) is 0 Å². The number of Topliss-reactive ketones (excluding diaryl/α,β-unsaturated/α-hetero) is 1. The molecular weight excluding hydrogens is 456 g/mol. The van der Waals surface area contributed by atoms with Crippen LogP contribution in [0.1, 0.15) is 57.7 Å². The van der Waals surface area contributed by atoms with Crippen LogP contribution in [0.15, 0.2) is 54.1 Å². The Morgan fingerprint density at radius 3 is 2.17 bits per heavy atom. The number of hydrogen-bond acceptors (Lipinski definition) is 6. The highest BCUT2D eigenvalue weighted by atomic mass is 16.5. The monoisotopic (exact) mass is 494 g/mol. The average molecular weight is 495 g/mol. The molecule has 2 aromatic rings. The molecule has 1 aliphatic rings. The lowest BCUT2D eigenvalue weighted by Crippen LogP contribution is -2.38. The van der Waals surface area contributed by atoms with Crippen molar-refractivity contribution in [2.45, 2.75) is 46.6 Å². The molecule has 0 saturated carbocycles. The number of amides is 1. The van der Waals surface area contributed by atoms with E-state index in [0.29, 0.717) is 37.6 Å². The molecule has 1 atom stereocenters. The highest BCUT2D eigenvalue weighted by Crippen LogP contribution is 2.40. The fraction of sp³-hybridized carbons (Fsp3) is 0.448. The fourth-order valence-corrected chi connectivity index (χ4v) is 4.32. The van der Waals surface area contributed by atoms with Gasteiger partial charge < -0.3 is 24.4 Å². The molecule has 0 aromatic heterocycles. The quantitative estimate of drug-likeness (QED) is 0.239. The summed E-state index contributed by atoms with van der Waals surface area (Å²) in [5, 5.41) is 11.3. The third-order valence-electron chi connectivity index (χ3n) is 6.34. The van der Waals surface area contributed by atoms with Crippen molar-refractivity contribution < 1.29 is 24.2 Å². The summed E-state index contributed by atoms with van der Waals surface area (Å²) in [4.78, 5) is 30.3. The van der Waals surface area contributed by atoms with Gasteiger partial charge in [-0.1, -0.05) is 52.0 Å². The molecule has 0 radical (unpaired) electrons. The van der Waals surface area contributed by atoms with Gasteiger partial charge in [-0.25, -0.2) is 0 Å². The highest BCUT2D eigenvalue weighted by Gasteiger charge is 2.46. The number of ketones is 1. The van der Waals surface area contributed by atoms with E-state index >= 15 is 0 Å². The molecule has 1 saturated heterocycles. The highest BCUT2D eigenvalue weighted by molar-refractivity contribution is 6.46. The Morgan fingerprint density at radius 2 is 1.56 bits per heavy atom. The molecular formula is C29H38N2O5. The maximum Gasteiger partial charge on any atom is 0.295 e. The van der Waals surface area contributed by atoms with Gasteiger partial charge in [-0.3, -0.25) is 9.59 Å². The number of benzene rings is 2. The topological polar surface area (TPSA) is 79.3 Å². The summed E-state index contributed by atoms with van der Waals surface area (Å²) in [5.41, 5.74) is 1.28. The van der Waals surface area contributed by atoms with Crippen LogP contribution in [-0.4, -0.2) is 66.0 Å². The first kappa shape index (κ1) is 27.3. The van der Waals surface area contributed by atoms with E-state index in [2.05, 4.69) is 18.7 Å². The molecule has 1 amide bonds. The normalized spacial score (nSPS) is 17.1. The number of carbonyl (C=O) groups is 2. The number of likely N-dealkylation sites (tertiary alicyclic amines) is 1. The number of hydrogen-bond donors (Lipinski definition) is 1. The Morgan fingerprint density at radius 1 is 0.917 bits per heavy atom. The van der Waals surface area contributed by atoms with Gasteiger partial charge >= 0.3 is 0 Å². The Kier molecular flexibility index (Phi) is 9.94. The number of aliphatic hydroxyl groups is 1. The predicted molar refractivity (Wildman–Crippen MR) is 141 cm³/mol. The molecule has 1 unspecified atom stereocenters. The van der Waals surface area contributed by atoms with E-state index in [0.717, 1.165) is 37.2 Å². The molecule has 1 aliphatic heterocycles. The fourth-order valence-electron chi connectivity index (χ4n) is 4.32. The Hall–Kier alpha value is -3.32. The van der Waals surface area contributed by atoms with Crippen LogP contribution < -0.4 is 9.47 Å². The van der Waals surface area contributed by atoms with E-state index in [1.165, 1.54) is 0 Å². The first-order valence-electron chi connectivity index (χ1n) is 12.9. The molecule has 0 bridgehead atoms. The standard InChI is InChI=1S/C29H38N2O5/c1-5-18-35-23-14-12-21(13-15-23)26-25(27(32)22-10-9-11-24(20-22)36-19-6-2)28(33)29(34)31(26)17-16-30(7-3)8-4/h9-15,20,26,32H,5-8,16-19H2,1-4H3/b27-25+. The van der Waals surface area contributed by atoms with Crippen molar-refractivity contribution in [1.82, 2.24) is 9.80 Å². The van der Waals surface area contributed by atoms with Gasteiger partial charge in [0.1, 0.15) is 17.3 Å². The van der Waals surface area contributed by atoms with Crippen LogP contribution in [0.4, 0.5) is 0 Å². The van der Waals surface area contributed by atoms with Crippen molar-refractivity contribution >= 4 is 17.4 Å². The van der Waals surface area contributed by atoms with Gasteiger partial charge in [-0.05, 0) is 55.8 Å². The molecule has 7 nitrogen and oxygen atoms in total. The first-order valence-corrected chi connectivity index (χ1v) is 12.9. The summed E-state index contributed by atoms with van der Waals surface area (Å²) in [6, 6.07) is 13.7. The second kappa shape index (κ2) is 13.1. The van der Waals surface area contributed by atoms with Gasteiger partial charge in [0, 0.05) is 18.7 Å². The van der Waals surface area contributed by atoms with Crippen molar-refractivity contribution in [3.05, 3.63) is 65.2 Å².